The van der Waals surface area contributed by atoms with Crippen LogP contribution in [0.25, 0.3) is 10.9 Å². The molecule has 80 valence electrons. The monoisotopic (exact) mass is 221 g/mol. The van der Waals surface area contributed by atoms with Crippen LogP contribution in [0.4, 0.5) is 5.82 Å². The molecule has 1 aromatic heterocycles. The quantitative estimate of drug-likeness (QED) is 0.806. The lowest BCUT2D eigenvalue weighted by atomic mass is 10.2. The molecule has 1 aromatic carbocycles. The van der Waals surface area contributed by atoms with Gasteiger partial charge in [0.15, 0.2) is 5.82 Å². The van der Waals surface area contributed by atoms with E-state index in [0.29, 0.717) is 5.82 Å². The lowest BCUT2D eigenvalue weighted by molar-refractivity contribution is 0.629. The van der Waals surface area contributed by atoms with Crippen molar-refractivity contribution in [2.75, 3.05) is 17.7 Å². The van der Waals surface area contributed by atoms with Gasteiger partial charge < -0.3 is 5.73 Å². The predicted octanol–water partition coefficient (Wildman–Crippen LogP) is 2.37. The van der Waals surface area contributed by atoms with Crippen LogP contribution in [0.15, 0.2) is 24.3 Å². The second-order valence-corrected chi connectivity index (χ2v) is 4.46. The van der Waals surface area contributed by atoms with Gasteiger partial charge in [-0.3, -0.25) is 4.68 Å². The molecule has 0 unspecified atom stereocenters. The molecule has 0 aliphatic heterocycles. The molecule has 2 N–H and O–H groups in total. The number of nitrogen functional groups attached to an aromatic ring is 1. The van der Waals surface area contributed by atoms with Crippen LogP contribution < -0.4 is 5.73 Å². The first kappa shape index (κ1) is 10.4. The van der Waals surface area contributed by atoms with E-state index < -0.39 is 0 Å². The first-order valence-corrected chi connectivity index (χ1v) is 6.42. The SMILES string of the molecule is CSCCCn1nc(N)c2ccccc21. The Hall–Kier alpha value is -1.16. The summed E-state index contributed by atoms with van der Waals surface area (Å²) in [7, 11) is 0. The van der Waals surface area contributed by atoms with E-state index in [0.717, 1.165) is 29.6 Å². The van der Waals surface area contributed by atoms with Gasteiger partial charge in [-0.15, -0.1) is 0 Å². The largest absolute Gasteiger partial charge is 0.382 e. The summed E-state index contributed by atoms with van der Waals surface area (Å²) in [6, 6.07) is 8.10. The van der Waals surface area contributed by atoms with E-state index in [2.05, 4.69) is 17.4 Å². The van der Waals surface area contributed by atoms with E-state index >= 15 is 0 Å². The number of nitrogens with zero attached hydrogens (tertiary/aromatic N) is 2. The maximum absolute atomic E-state index is 5.84. The highest BCUT2D eigenvalue weighted by molar-refractivity contribution is 7.98. The summed E-state index contributed by atoms with van der Waals surface area (Å²) >= 11 is 1.86. The Morgan fingerprint density at radius 2 is 2.20 bits per heavy atom. The molecular weight excluding hydrogens is 206 g/mol. The molecule has 0 aliphatic carbocycles. The molecule has 0 amide bonds. The molecular formula is C11H15N3S. The second kappa shape index (κ2) is 4.57. The van der Waals surface area contributed by atoms with Crippen molar-refractivity contribution < 1.29 is 0 Å². The molecule has 4 heteroatoms. The van der Waals surface area contributed by atoms with E-state index in [9.17, 15) is 0 Å². The number of nitrogens with two attached hydrogens (primary N) is 1. The molecule has 0 saturated heterocycles. The zero-order valence-corrected chi connectivity index (χ0v) is 9.63. The average molecular weight is 221 g/mol. The number of thioether (sulfide) groups is 1. The highest BCUT2D eigenvalue weighted by Gasteiger charge is 2.05. The molecule has 3 nitrogen and oxygen atoms in total. The molecule has 1 heterocycles. The zero-order chi connectivity index (χ0) is 10.7. The molecule has 0 aliphatic rings. The van der Waals surface area contributed by atoms with E-state index in [4.69, 9.17) is 5.73 Å². The summed E-state index contributed by atoms with van der Waals surface area (Å²) in [5.74, 6) is 1.79. The minimum absolute atomic E-state index is 0.634. The Labute approximate surface area is 93.6 Å². The fourth-order valence-corrected chi connectivity index (χ4v) is 2.10. The normalized spacial score (nSPS) is 11.0. The zero-order valence-electron chi connectivity index (χ0n) is 8.81. The Kier molecular flexibility index (Phi) is 3.16. The van der Waals surface area contributed by atoms with Crippen molar-refractivity contribution in [2.45, 2.75) is 13.0 Å². The van der Waals surface area contributed by atoms with E-state index in [1.165, 1.54) is 0 Å². The van der Waals surface area contributed by atoms with Crippen LogP contribution in [-0.4, -0.2) is 21.8 Å². The number of hydrogen-bond acceptors (Lipinski definition) is 3. The van der Waals surface area contributed by atoms with E-state index in [1.54, 1.807) is 0 Å². The van der Waals surface area contributed by atoms with Gasteiger partial charge in [0, 0.05) is 11.9 Å². The minimum atomic E-state index is 0.634. The molecule has 0 radical (unpaired) electrons. The molecule has 0 fully saturated rings. The fraction of sp³-hybridized carbons (Fsp3) is 0.364. The van der Waals surface area contributed by atoms with Gasteiger partial charge in [-0.2, -0.15) is 16.9 Å². The van der Waals surface area contributed by atoms with Crippen molar-refractivity contribution in [2.24, 2.45) is 0 Å². The van der Waals surface area contributed by atoms with Gasteiger partial charge in [0.1, 0.15) is 0 Å². The Balaban J connectivity index is 2.27. The van der Waals surface area contributed by atoms with Crippen LogP contribution in [-0.2, 0) is 6.54 Å². The number of rotatable bonds is 4. The average Bonchev–Trinajstić information content (AvgIpc) is 2.58. The summed E-state index contributed by atoms with van der Waals surface area (Å²) in [4.78, 5) is 0. The number of fused-ring (bicyclic) bond motifs is 1. The topological polar surface area (TPSA) is 43.8 Å². The lowest BCUT2D eigenvalue weighted by Crippen LogP contribution is -2.01. The van der Waals surface area contributed by atoms with Crippen LogP contribution in [0, 0.1) is 0 Å². The summed E-state index contributed by atoms with van der Waals surface area (Å²) in [6.45, 7) is 0.943. The van der Waals surface area contributed by atoms with Crippen molar-refractivity contribution in [3.63, 3.8) is 0 Å². The molecule has 0 atom stereocenters. The highest BCUT2D eigenvalue weighted by Crippen LogP contribution is 2.20. The van der Waals surface area contributed by atoms with Gasteiger partial charge in [-0.1, -0.05) is 12.1 Å². The van der Waals surface area contributed by atoms with E-state index in [1.807, 2.05) is 34.6 Å². The predicted molar refractivity (Wildman–Crippen MR) is 67.1 cm³/mol. The van der Waals surface area contributed by atoms with Gasteiger partial charge >= 0.3 is 0 Å². The number of para-hydroxylation sites is 1. The van der Waals surface area contributed by atoms with Crippen molar-refractivity contribution in [3.8, 4) is 0 Å². The minimum Gasteiger partial charge on any atom is -0.382 e. The summed E-state index contributed by atoms with van der Waals surface area (Å²) in [6.07, 6.45) is 3.25. The fourth-order valence-electron chi connectivity index (χ4n) is 1.68. The smallest absolute Gasteiger partial charge is 0.153 e. The van der Waals surface area contributed by atoms with Gasteiger partial charge in [-0.05, 0) is 30.6 Å². The van der Waals surface area contributed by atoms with Gasteiger partial charge in [0.25, 0.3) is 0 Å². The standard InChI is InChI=1S/C11H15N3S/c1-15-8-4-7-14-10-6-3-2-5-9(10)11(12)13-14/h2-3,5-6H,4,7-8H2,1H3,(H2,12,13). The van der Waals surface area contributed by atoms with Gasteiger partial charge in [0.2, 0.25) is 0 Å². The third-order valence-electron chi connectivity index (χ3n) is 2.40. The first-order chi connectivity index (χ1) is 7.33. The van der Waals surface area contributed by atoms with Crippen molar-refractivity contribution in [3.05, 3.63) is 24.3 Å². The van der Waals surface area contributed by atoms with Crippen LogP contribution in [0.3, 0.4) is 0 Å². The summed E-state index contributed by atoms with van der Waals surface area (Å²) < 4.78 is 2.00. The van der Waals surface area contributed by atoms with Crippen molar-refractivity contribution in [1.29, 1.82) is 0 Å². The first-order valence-electron chi connectivity index (χ1n) is 5.03. The number of aryl methyl sites for hydroxylation is 1. The summed E-state index contributed by atoms with van der Waals surface area (Å²) in [5, 5.41) is 5.40. The maximum atomic E-state index is 5.84. The maximum Gasteiger partial charge on any atom is 0.153 e. The molecule has 2 aromatic rings. The van der Waals surface area contributed by atoms with Crippen LogP contribution in [0.2, 0.25) is 0 Å². The molecule has 2 rings (SSSR count). The Bertz CT molecular complexity index is 450. The third-order valence-corrected chi connectivity index (χ3v) is 3.10. The van der Waals surface area contributed by atoms with Crippen LogP contribution in [0.1, 0.15) is 6.42 Å². The number of benzene rings is 1. The number of hydrogen-bond donors (Lipinski definition) is 1. The second-order valence-electron chi connectivity index (χ2n) is 3.47. The molecule has 0 bridgehead atoms. The van der Waals surface area contributed by atoms with Crippen LogP contribution >= 0.6 is 11.8 Å². The van der Waals surface area contributed by atoms with Crippen molar-refractivity contribution in [1.82, 2.24) is 9.78 Å². The molecule has 0 spiro atoms. The Morgan fingerprint density at radius 3 is 3.00 bits per heavy atom. The van der Waals surface area contributed by atoms with Gasteiger partial charge in [0.05, 0.1) is 5.52 Å². The third kappa shape index (κ3) is 2.09. The van der Waals surface area contributed by atoms with Crippen molar-refractivity contribution >= 4 is 28.5 Å². The number of anilines is 1. The van der Waals surface area contributed by atoms with Gasteiger partial charge in [-0.25, -0.2) is 0 Å². The lowest BCUT2D eigenvalue weighted by Gasteiger charge is -2.01. The highest BCUT2D eigenvalue weighted by atomic mass is 32.2. The number of aromatic nitrogens is 2. The van der Waals surface area contributed by atoms with E-state index in [-0.39, 0.29) is 0 Å². The van der Waals surface area contributed by atoms with Crippen LogP contribution in [0.5, 0.6) is 0 Å². The Morgan fingerprint density at radius 1 is 1.40 bits per heavy atom. The summed E-state index contributed by atoms with van der Waals surface area (Å²) in [5.41, 5.74) is 6.98. The molecule has 15 heavy (non-hydrogen) atoms. The molecule has 0 saturated carbocycles.